The molecule has 0 saturated carbocycles. The molecule has 0 radical (unpaired) electrons. The van der Waals surface area contributed by atoms with Gasteiger partial charge in [0.05, 0.1) is 21.1 Å². The molecule has 0 amide bonds. The molecule has 5 heteroatoms. The largest absolute Gasteiger partial charge is 0.550 e. The van der Waals surface area contributed by atoms with Crippen LogP contribution in [0.2, 0.25) is 0 Å². The molecular weight excluding hydrogens is 402 g/mol. The number of carbonyl (C=O) groups is 2. The van der Waals surface area contributed by atoms with E-state index in [0.29, 0.717) is 10.9 Å². The summed E-state index contributed by atoms with van der Waals surface area (Å²) in [5.74, 6) is -1.83. The third-order valence-electron chi connectivity index (χ3n) is 4.92. The number of ketones is 1. The van der Waals surface area contributed by atoms with Crippen molar-refractivity contribution in [1.29, 1.82) is 0 Å². The van der Waals surface area contributed by atoms with Crippen LogP contribution >= 0.6 is 0 Å². The lowest BCUT2D eigenvalue weighted by Crippen LogP contribution is -2.56. The fourth-order valence-corrected chi connectivity index (χ4v) is 3.44. The van der Waals surface area contributed by atoms with Crippen molar-refractivity contribution in [2.75, 3.05) is 27.7 Å². The van der Waals surface area contributed by atoms with E-state index in [1.165, 1.54) is 25.7 Å². The van der Waals surface area contributed by atoms with E-state index in [2.05, 4.69) is 49.5 Å². The average Bonchev–Trinajstić information content (AvgIpc) is 2.68. The normalized spacial score (nSPS) is 14.8. The Morgan fingerprint density at radius 3 is 1.72 bits per heavy atom. The van der Waals surface area contributed by atoms with Crippen molar-refractivity contribution in [3.05, 3.63) is 48.6 Å². The number of hydrogen-bond acceptors (Lipinski definition) is 4. The van der Waals surface area contributed by atoms with Crippen LogP contribution in [0.4, 0.5) is 0 Å². The fraction of sp³-hybridized carbons (Fsp3) is 0.630. The topological polar surface area (TPSA) is 77.4 Å². The van der Waals surface area contributed by atoms with E-state index in [9.17, 15) is 19.8 Å². The number of hydrogen-bond donors (Lipinski definition) is 1. The number of quaternary nitrogens is 1. The maximum absolute atomic E-state index is 12.4. The first-order valence-corrected chi connectivity index (χ1v) is 12.0. The van der Waals surface area contributed by atoms with Gasteiger partial charge in [0, 0.05) is 18.8 Å². The number of Topliss-reactive ketones (excluding diaryl/α,β-unsaturated/α-hetero) is 1. The zero-order valence-corrected chi connectivity index (χ0v) is 20.7. The van der Waals surface area contributed by atoms with E-state index in [1.54, 1.807) is 0 Å². The smallest absolute Gasteiger partial charge is 0.177 e. The summed E-state index contributed by atoms with van der Waals surface area (Å²) >= 11 is 0. The van der Waals surface area contributed by atoms with Crippen molar-refractivity contribution >= 4 is 11.8 Å². The highest BCUT2D eigenvalue weighted by molar-refractivity contribution is 5.90. The molecule has 0 spiro atoms. The Morgan fingerprint density at radius 1 is 0.812 bits per heavy atom. The minimum absolute atomic E-state index is 0.0458. The van der Waals surface area contributed by atoms with Crippen molar-refractivity contribution in [2.45, 2.75) is 83.2 Å². The molecule has 0 saturated heterocycles. The van der Waals surface area contributed by atoms with Gasteiger partial charge in [0.1, 0.15) is 6.54 Å². The minimum atomic E-state index is -1.87. The molecule has 0 aliphatic heterocycles. The molecule has 5 nitrogen and oxygen atoms in total. The molecule has 0 aromatic rings. The molecule has 182 valence electrons. The molecule has 1 unspecified atom stereocenters. The van der Waals surface area contributed by atoms with Gasteiger partial charge in [-0.3, -0.25) is 4.79 Å². The quantitative estimate of drug-likeness (QED) is 0.182. The van der Waals surface area contributed by atoms with Gasteiger partial charge in [-0.05, 0) is 44.9 Å². The van der Waals surface area contributed by atoms with Crippen molar-refractivity contribution in [3.8, 4) is 0 Å². The van der Waals surface area contributed by atoms with Crippen LogP contribution in [0.15, 0.2) is 48.6 Å². The Labute approximate surface area is 195 Å². The van der Waals surface area contributed by atoms with Gasteiger partial charge < -0.3 is 19.5 Å². The summed E-state index contributed by atoms with van der Waals surface area (Å²) in [4.78, 5) is 23.4. The second kappa shape index (κ2) is 17.6. The van der Waals surface area contributed by atoms with Gasteiger partial charge in [0.15, 0.2) is 11.4 Å². The van der Waals surface area contributed by atoms with Gasteiger partial charge in [-0.25, -0.2) is 0 Å². The van der Waals surface area contributed by atoms with Crippen LogP contribution in [-0.2, 0) is 9.59 Å². The second-order valence-electron chi connectivity index (χ2n) is 9.43. The highest BCUT2D eigenvalue weighted by atomic mass is 16.4. The van der Waals surface area contributed by atoms with Gasteiger partial charge in [-0.1, -0.05) is 68.4 Å². The Morgan fingerprint density at radius 2 is 1.28 bits per heavy atom. The van der Waals surface area contributed by atoms with E-state index >= 15 is 0 Å². The first-order chi connectivity index (χ1) is 15.1. The number of likely N-dealkylation sites (N-methyl/N-ethyl adjacent to an activating group) is 1. The minimum Gasteiger partial charge on any atom is -0.550 e. The second-order valence-corrected chi connectivity index (χ2v) is 9.43. The molecule has 0 heterocycles. The van der Waals surface area contributed by atoms with Crippen molar-refractivity contribution in [3.63, 3.8) is 0 Å². The monoisotopic (exact) mass is 447 g/mol. The van der Waals surface area contributed by atoms with Gasteiger partial charge in [-0.2, -0.15) is 0 Å². The zero-order chi connectivity index (χ0) is 24.3. The van der Waals surface area contributed by atoms with Gasteiger partial charge in [-0.15, -0.1) is 0 Å². The van der Waals surface area contributed by atoms with Crippen LogP contribution in [0.1, 0.15) is 77.6 Å². The highest BCUT2D eigenvalue weighted by Gasteiger charge is 2.40. The van der Waals surface area contributed by atoms with E-state index < -0.39 is 23.8 Å². The molecule has 0 aliphatic rings. The molecule has 32 heavy (non-hydrogen) atoms. The molecule has 0 aromatic carbocycles. The summed E-state index contributed by atoms with van der Waals surface area (Å²) in [6, 6.07) is 0. The number of aliphatic carboxylic acids is 1. The number of unbranched alkanes of at least 4 members (excludes halogenated alkanes) is 4. The number of carbonyl (C=O) groups excluding carboxylic acids is 2. The molecular formula is C27H45NO4. The standard InChI is InChI=1S/C27H45NO4/c1-5-6-7-8-9-10-11-12-13-14-15-16-17-18-19-20-21-22-25(29)27(32,23-26(30)31)24-28(2,3)4/h9-10,12-13,15-16,18-19,32H,5-8,11,14,17,20-24H2,1-4H3/b10-9+,13-12+,16-15+,19-18+. The average molecular weight is 448 g/mol. The first-order valence-electron chi connectivity index (χ1n) is 12.0. The van der Waals surface area contributed by atoms with Crippen molar-refractivity contribution < 1.29 is 24.3 Å². The maximum Gasteiger partial charge on any atom is 0.177 e. The SMILES string of the molecule is CCCCC/C=C/C/C=C/C/C=C/C/C=C/CCCC(=O)C(O)(CC(=O)[O-])C[N+](C)(C)C. The summed E-state index contributed by atoms with van der Waals surface area (Å²) < 4.78 is 0.298. The Balaban J connectivity index is 4.05. The van der Waals surface area contributed by atoms with Crippen LogP contribution in [0.25, 0.3) is 0 Å². The Hall–Kier alpha value is -1.98. The third-order valence-corrected chi connectivity index (χ3v) is 4.92. The van der Waals surface area contributed by atoms with E-state index in [4.69, 9.17) is 0 Å². The van der Waals surface area contributed by atoms with Crippen LogP contribution in [0.5, 0.6) is 0 Å². The maximum atomic E-state index is 12.4. The predicted octanol–water partition coefficient (Wildman–Crippen LogP) is 4.28. The molecule has 0 rings (SSSR count). The van der Waals surface area contributed by atoms with E-state index in [1.807, 2.05) is 27.2 Å². The molecule has 0 aliphatic carbocycles. The molecule has 0 bridgehead atoms. The Bertz CT molecular complexity index is 641. The summed E-state index contributed by atoms with van der Waals surface area (Å²) in [6.07, 6.45) is 25.8. The summed E-state index contributed by atoms with van der Waals surface area (Å²) in [6.45, 7) is 2.27. The lowest BCUT2D eigenvalue weighted by molar-refractivity contribution is -0.875. The van der Waals surface area contributed by atoms with E-state index in [0.717, 1.165) is 25.7 Å². The van der Waals surface area contributed by atoms with Crippen LogP contribution in [0, 0.1) is 0 Å². The van der Waals surface area contributed by atoms with Crippen molar-refractivity contribution in [2.24, 2.45) is 0 Å². The molecule has 1 atom stereocenters. The summed E-state index contributed by atoms with van der Waals surface area (Å²) in [5.41, 5.74) is -1.87. The zero-order valence-electron chi connectivity index (χ0n) is 20.7. The summed E-state index contributed by atoms with van der Waals surface area (Å²) in [7, 11) is 5.44. The van der Waals surface area contributed by atoms with Gasteiger partial charge >= 0.3 is 0 Å². The third kappa shape index (κ3) is 17.7. The van der Waals surface area contributed by atoms with Gasteiger partial charge in [0.25, 0.3) is 0 Å². The lowest BCUT2D eigenvalue weighted by atomic mass is 9.90. The number of allylic oxidation sites excluding steroid dienone is 8. The van der Waals surface area contributed by atoms with Crippen LogP contribution in [0.3, 0.4) is 0 Å². The van der Waals surface area contributed by atoms with Crippen LogP contribution < -0.4 is 5.11 Å². The fourth-order valence-electron chi connectivity index (χ4n) is 3.44. The van der Waals surface area contributed by atoms with E-state index in [-0.39, 0.29) is 13.0 Å². The molecule has 0 fully saturated rings. The van der Waals surface area contributed by atoms with Crippen molar-refractivity contribution in [1.82, 2.24) is 0 Å². The molecule has 0 aromatic heterocycles. The number of rotatable bonds is 19. The Kier molecular flexibility index (Phi) is 16.5. The number of carboxylic acid groups (broad SMARTS) is 1. The molecule has 1 N–H and O–H groups in total. The predicted molar refractivity (Wildman–Crippen MR) is 131 cm³/mol. The lowest BCUT2D eigenvalue weighted by Gasteiger charge is -2.34. The van der Waals surface area contributed by atoms with Gasteiger partial charge in [0.2, 0.25) is 0 Å². The summed E-state index contributed by atoms with van der Waals surface area (Å²) in [5, 5.41) is 21.6. The number of nitrogens with zero attached hydrogens (tertiary/aromatic N) is 1. The highest BCUT2D eigenvalue weighted by Crippen LogP contribution is 2.19. The number of aliphatic hydroxyl groups is 1. The first kappa shape index (κ1) is 30.0. The number of carboxylic acids is 1. The van der Waals surface area contributed by atoms with Crippen LogP contribution in [-0.4, -0.2) is 54.6 Å².